The van der Waals surface area contributed by atoms with Crippen LogP contribution in [0.3, 0.4) is 0 Å². The number of nitrogens with one attached hydrogen (secondary N) is 1. The Bertz CT molecular complexity index is 790. The minimum Gasteiger partial charge on any atom is -0.495 e. The van der Waals surface area contributed by atoms with E-state index in [4.69, 9.17) is 4.74 Å². The molecule has 1 aliphatic rings. The average molecular weight is 334 g/mol. The molecule has 1 aliphatic heterocycles. The van der Waals surface area contributed by atoms with Crippen LogP contribution in [-0.4, -0.2) is 44.6 Å². The van der Waals surface area contributed by atoms with E-state index in [0.29, 0.717) is 18.8 Å². The fourth-order valence-corrected chi connectivity index (χ4v) is 3.94. The highest BCUT2D eigenvalue weighted by Crippen LogP contribution is 2.26. The van der Waals surface area contributed by atoms with Crippen molar-refractivity contribution in [2.45, 2.75) is 17.9 Å². The number of methoxy groups -OCH3 is 1. The molecule has 8 heteroatoms. The first-order valence-corrected chi connectivity index (χ1v) is 8.66. The number of ether oxygens (including phenoxy) is 1. The van der Waals surface area contributed by atoms with E-state index in [1.54, 1.807) is 30.7 Å². The summed E-state index contributed by atoms with van der Waals surface area (Å²) in [5.41, 5.74) is 0.862. The maximum absolute atomic E-state index is 12.6. The van der Waals surface area contributed by atoms with E-state index in [1.165, 1.54) is 7.11 Å². The molecular formula is C15H18N4O3S. The minimum absolute atomic E-state index is 0.160. The Hall–Kier alpha value is -2.19. The molecule has 1 N–H and O–H groups in total. The lowest BCUT2D eigenvalue weighted by molar-refractivity contribution is 0.400. The van der Waals surface area contributed by atoms with Gasteiger partial charge in [0.05, 0.1) is 19.3 Å². The molecule has 0 aliphatic carbocycles. The van der Waals surface area contributed by atoms with Crippen LogP contribution in [0.1, 0.15) is 5.56 Å². The maximum atomic E-state index is 12.6. The third-order valence-corrected chi connectivity index (χ3v) is 5.23. The quantitative estimate of drug-likeness (QED) is 0.877. The molecule has 0 saturated carbocycles. The molecule has 3 rings (SSSR count). The fourth-order valence-electron chi connectivity index (χ4n) is 2.47. The van der Waals surface area contributed by atoms with Gasteiger partial charge in [-0.3, -0.25) is 4.98 Å². The predicted molar refractivity (Wildman–Crippen MR) is 86.1 cm³/mol. The molecule has 0 amide bonds. The summed E-state index contributed by atoms with van der Waals surface area (Å²) in [7, 11) is -2.17. The van der Waals surface area contributed by atoms with Crippen molar-refractivity contribution in [1.82, 2.24) is 14.7 Å². The summed E-state index contributed by atoms with van der Waals surface area (Å²) in [4.78, 5) is 10.3. The van der Waals surface area contributed by atoms with Gasteiger partial charge in [0, 0.05) is 25.5 Å². The van der Waals surface area contributed by atoms with Gasteiger partial charge in [-0.05, 0) is 24.6 Å². The molecule has 0 bridgehead atoms. The van der Waals surface area contributed by atoms with Crippen molar-refractivity contribution in [3.63, 3.8) is 0 Å². The van der Waals surface area contributed by atoms with Crippen LogP contribution in [0.5, 0.6) is 5.75 Å². The molecule has 2 aromatic rings. The molecule has 2 heterocycles. The van der Waals surface area contributed by atoms with Gasteiger partial charge in [0.25, 0.3) is 0 Å². The lowest BCUT2D eigenvalue weighted by Gasteiger charge is -2.39. The number of rotatable bonds is 5. The van der Waals surface area contributed by atoms with Crippen molar-refractivity contribution >= 4 is 15.8 Å². The number of aromatic nitrogens is 2. The van der Waals surface area contributed by atoms with Crippen LogP contribution in [0, 0.1) is 6.92 Å². The number of anilines is 1. The summed E-state index contributed by atoms with van der Waals surface area (Å²) >= 11 is 0. The zero-order chi connectivity index (χ0) is 16.4. The summed E-state index contributed by atoms with van der Waals surface area (Å²) < 4.78 is 33.0. The van der Waals surface area contributed by atoms with Gasteiger partial charge in [0.15, 0.2) is 0 Å². The van der Waals surface area contributed by atoms with Gasteiger partial charge in [0.2, 0.25) is 10.0 Å². The summed E-state index contributed by atoms with van der Waals surface area (Å²) in [6.45, 7) is 2.97. The highest BCUT2D eigenvalue weighted by molar-refractivity contribution is 7.89. The zero-order valence-corrected chi connectivity index (χ0v) is 13.7. The summed E-state index contributed by atoms with van der Waals surface area (Å²) in [6.07, 6.45) is 4.88. The van der Waals surface area contributed by atoms with Gasteiger partial charge >= 0.3 is 0 Å². The molecule has 0 unspecified atom stereocenters. The lowest BCUT2D eigenvalue weighted by atomic mass is 10.1. The molecule has 0 spiro atoms. The van der Waals surface area contributed by atoms with Gasteiger partial charge < -0.3 is 9.64 Å². The van der Waals surface area contributed by atoms with E-state index >= 15 is 0 Å². The van der Waals surface area contributed by atoms with Gasteiger partial charge in [0.1, 0.15) is 16.5 Å². The Morgan fingerprint density at radius 3 is 2.74 bits per heavy atom. The van der Waals surface area contributed by atoms with Crippen molar-refractivity contribution in [3.8, 4) is 5.75 Å². The second kappa shape index (κ2) is 6.13. The summed E-state index contributed by atoms with van der Waals surface area (Å²) in [6, 6.07) is 4.93. The molecule has 0 atom stereocenters. The van der Waals surface area contributed by atoms with Crippen molar-refractivity contribution in [2.75, 3.05) is 25.1 Å². The Balaban J connectivity index is 1.70. The van der Waals surface area contributed by atoms with Crippen molar-refractivity contribution in [3.05, 3.63) is 42.4 Å². The minimum atomic E-state index is -3.63. The highest BCUT2D eigenvalue weighted by atomic mass is 32.2. The molecule has 1 aromatic carbocycles. The topological polar surface area (TPSA) is 84.4 Å². The largest absolute Gasteiger partial charge is 0.495 e. The standard InChI is InChI=1S/C15H18N4O3S/c1-11-3-4-13(22-2)14(7-11)23(20,21)18-12-9-19(10-12)15-8-16-5-6-17-15/h3-8,12,18H,9-10H2,1-2H3. The second-order valence-corrected chi connectivity index (χ2v) is 7.12. The zero-order valence-electron chi connectivity index (χ0n) is 12.9. The normalized spacial score (nSPS) is 15.3. The van der Waals surface area contributed by atoms with E-state index in [9.17, 15) is 8.42 Å². The molecule has 122 valence electrons. The summed E-state index contributed by atoms with van der Waals surface area (Å²) in [5, 5.41) is 0. The van der Waals surface area contributed by atoms with Crippen LogP contribution in [0.25, 0.3) is 0 Å². The van der Waals surface area contributed by atoms with E-state index in [0.717, 1.165) is 11.4 Å². The number of sulfonamides is 1. The van der Waals surface area contributed by atoms with Gasteiger partial charge in [-0.1, -0.05) is 6.07 Å². The Kier molecular flexibility index (Phi) is 4.18. The van der Waals surface area contributed by atoms with Crippen molar-refractivity contribution in [1.29, 1.82) is 0 Å². The van der Waals surface area contributed by atoms with Crippen LogP contribution < -0.4 is 14.4 Å². The first kappa shape index (κ1) is 15.7. The van der Waals surface area contributed by atoms with Crippen LogP contribution in [0.15, 0.2) is 41.7 Å². The highest BCUT2D eigenvalue weighted by Gasteiger charge is 2.32. The average Bonchev–Trinajstić information content (AvgIpc) is 2.51. The van der Waals surface area contributed by atoms with Crippen LogP contribution in [0.4, 0.5) is 5.82 Å². The first-order valence-electron chi connectivity index (χ1n) is 7.17. The number of benzene rings is 1. The Labute approximate surface area is 135 Å². The lowest BCUT2D eigenvalue weighted by Crippen LogP contribution is -2.59. The smallest absolute Gasteiger partial charge is 0.244 e. The third-order valence-electron chi connectivity index (χ3n) is 3.69. The van der Waals surface area contributed by atoms with Gasteiger partial charge in [-0.2, -0.15) is 0 Å². The van der Waals surface area contributed by atoms with Crippen LogP contribution in [0.2, 0.25) is 0 Å². The number of aryl methyl sites for hydroxylation is 1. The number of nitrogens with zero attached hydrogens (tertiary/aromatic N) is 3. The van der Waals surface area contributed by atoms with E-state index in [-0.39, 0.29) is 10.9 Å². The summed E-state index contributed by atoms with van der Waals surface area (Å²) in [5.74, 6) is 1.09. The van der Waals surface area contributed by atoms with Crippen LogP contribution in [-0.2, 0) is 10.0 Å². The monoisotopic (exact) mass is 334 g/mol. The second-order valence-electron chi connectivity index (χ2n) is 5.44. The van der Waals surface area contributed by atoms with Crippen LogP contribution >= 0.6 is 0 Å². The Morgan fingerprint density at radius 2 is 2.09 bits per heavy atom. The van der Waals surface area contributed by atoms with Crippen molar-refractivity contribution in [2.24, 2.45) is 0 Å². The van der Waals surface area contributed by atoms with E-state index < -0.39 is 10.0 Å². The molecule has 1 fully saturated rings. The van der Waals surface area contributed by atoms with Crippen molar-refractivity contribution < 1.29 is 13.2 Å². The molecule has 1 saturated heterocycles. The van der Waals surface area contributed by atoms with E-state index in [2.05, 4.69) is 14.7 Å². The number of hydrogen-bond donors (Lipinski definition) is 1. The van der Waals surface area contributed by atoms with Gasteiger partial charge in [-0.15, -0.1) is 0 Å². The Morgan fingerprint density at radius 1 is 1.30 bits per heavy atom. The SMILES string of the molecule is COc1ccc(C)cc1S(=O)(=O)NC1CN(c2cnccn2)C1. The molecule has 1 aromatic heterocycles. The number of hydrogen-bond acceptors (Lipinski definition) is 6. The van der Waals surface area contributed by atoms with Gasteiger partial charge in [-0.25, -0.2) is 18.1 Å². The fraction of sp³-hybridized carbons (Fsp3) is 0.333. The maximum Gasteiger partial charge on any atom is 0.244 e. The third kappa shape index (κ3) is 3.27. The molecule has 7 nitrogen and oxygen atoms in total. The molecule has 23 heavy (non-hydrogen) atoms. The molecule has 0 radical (unpaired) electrons. The first-order chi connectivity index (χ1) is 11.0. The molecular weight excluding hydrogens is 316 g/mol. The van der Waals surface area contributed by atoms with E-state index in [1.807, 2.05) is 17.9 Å². The predicted octanol–water partition coefficient (Wildman–Crippen LogP) is 0.961.